The number of pyridine rings is 1. The number of carbonyl (C=O) groups excluding carboxylic acids is 2. The molecule has 1 aliphatic rings. The molecule has 24 heavy (non-hydrogen) atoms. The van der Waals surface area contributed by atoms with E-state index < -0.39 is 5.41 Å². The first-order chi connectivity index (χ1) is 11.6. The highest BCUT2D eigenvalue weighted by Gasteiger charge is 2.56. The monoisotopic (exact) mass is 343 g/mol. The van der Waals surface area contributed by atoms with Crippen molar-refractivity contribution in [3.8, 4) is 0 Å². The molecule has 1 aliphatic carbocycles. The minimum absolute atomic E-state index is 0.221. The summed E-state index contributed by atoms with van der Waals surface area (Å²) in [5.41, 5.74) is 0.928. The summed E-state index contributed by atoms with van der Waals surface area (Å²) in [7, 11) is 0. The zero-order chi connectivity index (χ0) is 17.0. The van der Waals surface area contributed by atoms with Crippen LogP contribution in [-0.2, 0) is 22.7 Å². The smallest absolute Gasteiger partial charge is 0.235 e. The van der Waals surface area contributed by atoms with E-state index in [-0.39, 0.29) is 11.8 Å². The van der Waals surface area contributed by atoms with Crippen LogP contribution in [0.1, 0.15) is 24.0 Å². The number of rotatable bonds is 6. The molecule has 2 N–H and O–H groups in total. The summed E-state index contributed by atoms with van der Waals surface area (Å²) in [6, 6.07) is 10.9. The van der Waals surface area contributed by atoms with E-state index >= 15 is 0 Å². The van der Waals surface area contributed by atoms with Crippen molar-refractivity contribution in [2.24, 2.45) is 5.41 Å². The molecular weight excluding hydrogens is 326 g/mol. The summed E-state index contributed by atoms with van der Waals surface area (Å²) < 4.78 is 0. The van der Waals surface area contributed by atoms with Crippen LogP contribution in [0.4, 0.5) is 0 Å². The molecule has 2 amide bonds. The van der Waals surface area contributed by atoms with Crippen LogP contribution in [0, 0.1) is 5.41 Å². The third-order valence-electron chi connectivity index (χ3n) is 4.16. The van der Waals surface area contributed by atoms with E-state index in [1.165, 1.54) is 0 Å². The van der Waals surface area contributed by atoms with Crippen LogP contribution < -0.4 is 10.6 Å². The Hall–Kier alpha value is -2.40. The largest absolute Gasteiger partial charge is 0.351 e. The number of nitrogens with one attached hydrogen (secondary N) is 2. The maximum atomic E-state index is 12.4. The molecule has 1 aromatic carbocycles. The van der Waals surface area contributed by atoms with Crippen LogP contribution in [0.15, 0.2) is 48.8 Å². The molecule has 2 aromatic rings. The van der Waals surface area contributed by atoms with Gasteiger partial charge in [0, 0.05) is 30.5 Å². The number of halogens is 1. The lowest BCUT2D eigenvalue weighted by Crippen LogP contribution is -2.42. The van der Waals surface area contributed by atoms with Crippen LogP contribution in [0.2, 0.25) is 5.02 Å². The predicted octanol–water partition coefficient (Wildman–Crippen LogP) is 2.45. The lowest BCUT2D eigenvalue weighted by atomic mass is 10.0. The molecule has 1 aromatic heterocycles. The zero-order valence-electron chi connectivity index (χ0n) is 13.1. The van der Waals surface area contributed by atoms with Crippen molar-refractivity contribution in [3.63, 3.8) is 0 Å². The first-order valence-electron chi connectivity index (χ1n) is 7.80. The Morgan fingerprint density at radius 2 is 1.62 bits per heavy atom. The second-order valence-corrected chi connectivity index (χ2v) is 6.37. The van der Waals surface area contributed by atoms with Crippen molar-refractivity contribution in [1.29, 1.82) is 0 Å². The van der Waals surface area contributed by atoms with Gasteiger partial charge < -0.3 is 10.6 Å². The van der Waals surface area contributed by atoms with E-state index in [9.17, 15) is 9.59 Å². The van der Waals surface area contributed by atoms with Gasteiger partial charge in [-0.1, -0.05) is 29.8 Å². The van der Waals surface area contributed by atoms with E-state index in [0.29, 0.717) is 31.0 Å². The number of amides is 2. The second kappa shape index (κ2) is 7.01. The van der Waals surface area contributed by atoms with Crippen molar-refractivity contribution >= 4 is 23.4 Å². The summed E-state index contributed by atoms with van der Waals surface area (Å²) in [5.74, 6) is -0.443. The number of carbonyl (C=O) groups is 2. The Kier molecular flexibility index (Phi) is 4.81. The molecule has 6 heteroatoms. The van der Waals surface area contributed by atoms with Crippen molar-refractivity contribution < 1.29 is 9.59 Å². The SMILES string of the molecule is O=C(NCc1ccc(Cl)cc1)C1(C(=O)NCc2cccnc2)CC1. The maximum Gasteiger partial charge on any atom is 0.235 e. The van der Waals surface area contributed by atoms with Gasteiger partial charge in [-0.3, -0.25) is 14.6 Å². The first-order valence-corrected chi connectivity index (χ1v) is 8.18. The molecule has 1 heterocycles. The molecule has 0 radical (unpaired) electrons. The van der Waals surface area contributed by atoms with Gasteiger partial charge >= 0.3 is 0 Å². The van der Waals surface area contributed by atoms with Crippen molar-refractivity contribution in [3.05, 3.63) is 64.9 Å². The molecule has 0 bridgehead atoms. The second-order valence-electron chi connectivity index (χ2n) is 5.94. The van der Waals surface area contributed by atoms with Crippen LogP contribution >= 0.6 is 11.6 Å². The molecule has 0 spiro atoms. The average Bonchev–Trinajstić information content (AvgIpc) is 3.42. The molecule has 0 unspecified atom stereocenters. The van der Waals surface area contributed by atoms with Crippen LogP contribution in [-0.4, -0.2) is 16.8 Å². The van der Waals surface area contributed by atoms with E-state index in [1.807, 2.05) is 24.3 Å². The molecule has 0 atom stereocenters. The first kappa shape index (κ1) is 16.5. The number of benzene rings is 1. The van der Waals surface area contributed by atoms with Gasteiger partial charge in [0.15, 0.2) is 0 Å². The van der Waals surface area contributed by atoms with Gasteiger partial charge in [-0.2, -0.15) is 0 Å². The lowest BCUT2D eigenvalue weighted by molar-refractivity contribution is -0.137. The fourth-order valence-electron chi connectivity index (χ4n) is 2.49. The highest BCUT2D eigenvalue weighted by molar-refractivity contribution is 6.30. The van der Waals surface area contributed by atoms with Gasteiger partial charge in [-0.25, -0.2) is 0 Å². The van der Waals surface area contributed by atoms with Crippen molar-refractivity contribution in [1.82, 2.24) is 15.6 Å². The Balaban J connectivity index is 1.53. The number of aromatic nitrogens is 1. The molecule has 5 nitrogen and oxygen atoms in total. The molecule has 124 valence electrons. The third kappa shape index (κ3) is 3.74. The van der Waals surface area contributed by atoms with Crippen LogP contribution in [0.5, 0.6) is 0 Å². The topological polar surface area (TPSA) is 71.1 Å². The molecule has 3 rings (SSSR count). The molecule has 0 saturated heterocycles. The molecule has 0 aliphatic heterocycles. The highest BCUT2D eigenvalue weighted by atomic mass is 35.5. The normalized spacial score (nSPS) is 14.7. The Bertz CT molecular complexity index is 728. The number of hydrogen-bond donors (Lipinski definition) is 2. The summed E-state index contributed by atoms with van der Waals surface area (Å²) >= 11 is 5.84. The van der Waals surface area contributed by atoms with Crippen molar-refractivity contribution in [2.45, 2.75) is 25.9 Å². The van der Waals surface area contributed by atoms with Gasteiger partial charge in [-0.05, 0) is 42.2 Å². The summed E-state index contributed by atoms with van der Waals surface area (Å²) in [6.07, 6.45) is 4.54. The average molecular weight is 344 g/mol. The molecule has 1 fully saturated rings. The van der Waals surface area contributed by atoms with E-state index in [0.717, 1.165) is 11.1 Å². The van der Waals surface area contributed by atoms with Gasteiger partial charge in [0.25, 0.3) is 0 Å². The lowest BCUT2D eigenvalue weighted by Gasteiger charge is -2.15. The van der Waals surface area contributed by atoms with E-state index in [2.05, 4.69) is 15.6 Å². The summed E-state index contributed by atoms with van der Waals surface area (Å²) in [5, 5.41) is 6.33. The number of nitrogens with zero attached hydrogens (tertiary/aromatic N) is 1. The predicted molar refractivity (Wildman–Crippen MR) is 91.0 cm³/mol. The molecule has 1 saturated carbocycles. The van der Waals surface area contributed by atoms with Gasteiger partial charge in [0.05, 0.1) is 0 Å². The number of hydrogen-bond acceptors (Lipinski definition) is 3. The van der Waals surface area contributed by atoms with Gasteiger partial charge in [0.1, 0.15) is 5.41 Å². The fraction of sp³-hybridized carbons (Fsp3) is 0.278. The Labute approximate surface area is 145 Å². The molecular formula is C18H18ClN3O2. The van der Waals surface area contributed by atoms with E-state index in [1.54, 1.807) is 24.5 Å². The Morgan fingerprint density at radius 1 is 1.00 bits per heavy atom. The quantitative estimate of drug-likeness (QED) is 0.791. The van der Waals surface area contributed by atoms with Crippen LogP contribution in [0.25, 0.3) is 0 Å². The fourth-order valence-corrected chi connectivity index (χ4v) is 2.62. The zero-order valence-corrected chi connectivity index (χ0v) is 13.8. The standard InChI is InChI=1S/C18H18ClN3O2/c19-15-5-3-13(4-6-15)11-21-16(23)18(7-8-18)17(24)22-12-14-2-1-9-20-10-14/h1-6,9-10H,7-8,11-12H2,(H,21,23)(H,22,24). The maximum absolute atomic E-state index is 12.4. The highest BCUT2D eigenvalue weighted by Crippen LogP contribution is 2.46. The van der Waals surface area contributed by atoms with E-state index in [4.69, 9.17) is 11.6 Å². The van der Waals surface area contributed by atoms with Crippen LogP contribution in [0.3, 0.4) is 0 Å². The minimum atomic E-state index is -0.922. The summed E-state index contributed by atoms with van der Waals surface area (Å²) in [6.45, 7) is 0.756. The van der Waals surface area contributed by atoms with Crippen molar-refractivity contribution in [2.75, 3.05) is 0 Å². The minimum Gasteiger partial charge on any atom is -0.351 e. The van der Waals surface area contributed by atoms with Gasteiger partial charge in [-0.15, -0.1) is 0 Å². The summed E-state index contributed by atoms with van der Waals surface area (Å²) in [4.78, 5) is 28.8. The third-order valence-corrected chi connectivity index (χ3v) is 4.41. The Morgan fingerprint density at radius 3 is 2.17 bits per heavy atom. The van der Waals surface area contributed by atoms with Gasteiger partial charge in [0.2, 0.25) is 11.8 Å².